The van der Waals surface area contributed by atoms with E-state index in [4.69, 9.17) is 5.73 Å². The van der Waals surface area contributed by atoms with Gasteiger partial charge in [-0.2, -0.15) is 0 Å². The van der Waals surface area contributed by atoms with Crippen molar-refractivity contribution in [3.8, 4) is 0 Å². The van der Waals surface area contributed by atoms with E-state index in [1.807, 2.05) is 6.92 Å². The van der Waals surface area contributed by atoms with Crippen LogP contribution in [0.3, 0.4) is 0 Å². The first-order valence-electron chi connectivity index (χ1n) is 6.22. The molecule has 0 bridgehead atoms. The van der Waals surface area contributed by atoms with Gasteiger partial charge >= 0.3 is 0 Å². The van der Waals surface area contributed by atoms with Crippen molar-refractivity contribution in [3.63, 3.8) is 0 Å². The molecule has 0 aliphatic heterocycles. The number of benzene rings is 2. The van der Waals surface area contributed by atoms with Gasteiger partial charge in [0.2, 0.25) is 0 Å². The molecule has 0 aromatic heterocycles. The molecule has 2 rings (SSSR count). The Kier molecular flexibility index (Phi) is 3.96. The second kappa shape index (κ2) is 5.49. The normalized spacial score (nSPS) is 11.6. The smallest absolute Gasteiger partial charge is 0.123 e. The van der Waals surface area contributed by atoms with Gasteiger partial charge in [-0.15, -0.1) is 0 Å². The van der Waals surface area contributed by atoms with E-state index in [1.54, 1.807) is 24.3 Å². The molecular weight excluding hydrogens is 244 g/mol. The average Bonchev–Trinajstić information content (AvgIpc) is 2.34. The minimum atomic E-state index is -0.449. The zero-order valence-corrected chi connectivity index (χ0v) is 10.9. The van der Waals surface area contributed by atoms with Crippen LogP contribution in [0.25, 0.3) is 0 Å². The van der Waals surface area contributed by atoms with E-state index in [0.29, 0.717) is 12.8 Å². The Bertz CT molecular complexity index is 480. The first-order chi connectivity index (χ1) is 8.94. The summed E-state index contributed by atoms with van der Waals surface area (Å²) in [7, 11) is 0. The summed E-state index contributed by atoms with van der Waals surface area (Å²) in [4.78, 5) is 0. The molecule has 0 aliphatic rings. The summed E-state index contributed by atoms with van der Waals surface area (Å²) in [5, 5.41) is 0. The van der Waals surface area contributed by atoms with Crippen LogP contribution in [0.4, 0.5) is 8.78 Å². The van der Waals surface area contributed by atoms with Crippen molar-refractivity contribution in [1.82, 2.24) is 0 Å². The van der Waals surface area contributed by atoms with Crippen LogP contribution in [-0.2, 0) is 12.8 Å². The zero-order chi connectivity index (χ0) is 13.9. The molecule has 3 heteroatoms. The summed E-state index contributed by atoms with van der Waals surface area (Å²) in [5.41, 5.74) is 7.81. The van der Waals surface area contributed by atoms with Crippen LogP contribution in [0.5, 0.6) is 0 Å². The molecule has 0 saturated carbocycles. The fraction of sp³-hybridized carbons (Fsp3) is 0.250. The van der Waals surface area contributed by atoms with Crippen molar-refractivity contribution in [2.24, 2.45) is 5.73 Å². The predicted molar refractivity (Wildman–Crippen MR) is 72.8 cm³/mol. The van der Waals surface area contributed by atoms with Gasteiger partial charge in [0.15, 0.2) is 0 Å². The highest BCUT2D eigenvalue weighted by atomic mass is 19.1. The zero-order valence-electron chi connectivity index (χ0n) is 10.9. The van der Waals surface area contributed by atoms with Crippen LogP contribution < -0.4 is 5.73 Å². The first kappa shape index (κ1) is 13.7. The largest absolute Gasteiger partial charge is 0.325 e. The summed E-state index contributed by atoms with van der Waals surface area (Å²) in [6.45, 7) is 1.94. The highest BCUT2D eigenvalue weighted by Crippen LogP contribution is 2.17. The van der Waals surface area contributed by atoms with Crippen LogP contribution in [-0.4, -0.2) is 5.54 Å². The number of halogens is 2. The number of nitrogens with two attached hydrogens (primary N) is 1. The predicted octanol–water partition coefficient (Wildman–Crippen LogP) is 3.47. The topological polar surface area (TPSA) is 26.0 Å². The van der Waals surface area contributed by atoms with E-state index in [2.05, 4.69) is 0 Å². The summed E-state index contributed by atoms with van der Waals surface area (Å²) < 4.78 is 25.7. The molecule has 0 radical (unpaired) electrons. The van der Waals surface area contributed by atoms with Gasteiger partial charge in [0.05, 0.1) is 0 Å². The Morgan fingerprint density at radius 3 is 1.42 bits per heavy atom. The van der Waals surface area contributed by atoms with E-state index < -0.39 is 5.54 Å². The fourth-order valence-corrected chi connectivity index (χ4v) is 2.20. The van der Waals surface area contributed by atoms with Crippen molar-refractivity contribution in [1.29, 1.82) is 0 Å². The van der Waals surface area contributed by atoms with Gasteiger partial charge in [0.25, 0.3) is 0 Å². The van der Waals surface area contributed by atoms with Gasteiger partial charge < -0.3 is 5.73 Å². The van der Waals surface area contributed by atoms with Crippen molar-refractivity contribution in [3.05, 3.63) is 71.3 Å². The minimum absolute atomic E-state index is 0.249. The van der Waals surface area contributed by atoms with E-state index >= 15 is 0 Å². The summed E-state index contributed by atoms with van der Waals surface area (Å²) in [5.74, 6) is -0.498. The molecule has 0 unspecified atom stereocenters. The third-order valence-electron chi connectivity index (χ3n) is 3.04. The molecule has 0 spiro atoms. The summed E-state index contributed by atoms with van der Waals surface area (Å²) in [6.07, 6.45) is 1.29. The highest BCUT2D eigenvalue weighted by molar-refractivity contribution is 5.22. The monoisotopic (exact) mass is 261 g/mol. The molecule has 2 aromatic rings. The summed E-state index contributed by atoms with van der Waals surface area (Å²) in [6, 6.07) is 12.7. The van der Waals surface area contributed by atoms with Crippen LogP contribution in [0.15, 0.2) is 48.5 Å². The van der Waals surface area contributed by atoms with Crippen LogP contribution >= 0.6 is 0 Å². The van der Waals surface area contributed by atoms with E-state index in [-0.39, 0.29) is 11.6 Å². The van der Waals surface area contributed by atoms with Crippen molar-refractivity contribution in [2.75, 3.05) is 0 Å². The standard InChI is InChI=1S/C16H17F2N/c1-16(19,10-12-2-6-14(17)7-3-12)11-13-4-8-15(18)9-5-13/h2-9H,10-11,19H2,1H3. The van der Waals surface area contributed by atoms with Crippen molar-refractivity contribution < 1.29 is 8.78 Å². The molecule has 0 heterocycles. The van der Waals surface area contributed by atoms with Crippen molar-refractivity contribution >= 4 is 0 Å². The Labute approximate surface area is 112 Å². The van der Waals surface area contributed by atoms with Gasteiger partial charge in [0.1, 0.15) is 11.6 Å². The maximum Gasteiger partial charge on any atom is 0.123 e. The van der Waals surface area contributed by atoms with E-state index in [1.165, 1.54) is 24.3 Å². The lowest BCUT2D eigenvalue weighted by molar-refractivity contribution is 0.462. The molecule has 0 fully saturated rings. The first-order valence-corrected chi connectivity index (χ1v) is 6.22. The van der Waals surface area contributed by atoms with Gasteiger partial charge in [-0.25, -0.2) is 8.78 Å². The maximum atomic E-state index is 12.8. The number of rotatable bonds is 4. The molecule has 0 amide bonds. The lowest BCUT2D eigenvalue weighted by Gasteiger charge is -2.25. The molecule has 2 aromatic carbocycles. The average molecular weight is 261 g/mol. The van der Waals surface area contributed by atoms with Gasteiger partial charge in [0, 0.05) is 5.54 Å². The highest BCUT2D eigenvalue weighted by Gasteiger charge is 2.19. The van der Waals surface area contributed by atoms with Gasteiger partial charge in [-0.3, -0.25) is 0 Å². The number of hydrogen-bond donors (Lipinski definition) is 1. The van der Waals surface area contributed by atoms with Crippen LogP contribution in [0.2, 0.25) is 0 Å². The molecule has 100 valence electrons. The molecule has 0 saturated heterocycles. The number of hydrogen-bond acceptors (Lipinski definition) is 1. The Morgan fingerprint density at radius 1 is 0.789 bits per heavy atom. The molecule has 2 N–H and O–H groups in total. The fourth-order valence-electron chi connectivity index (χ4n) is 2.20. The second-order valence-electron chi connectivity index (χ2n) is 5.26. The van der Waals surface area contributed by atoms with Crippen molar-refractivity contribution in [2.45, 2.75) is 25.3 Å². The third-order valence-corrected chi connectivity index (χ3v) is 3.04. The van der Waals surface area contributed by atoms with Crippen LogP contribution in [0, 0.1) is 11.6 Å². The molecule has 0 atom stereocenters. The Balaban J connectivity index is 2.05. The Morgan fingerprint density at radius 2 is 1.11 bits per heavy atom. The molecular formula is C16H17F2N. The van der Waals surface area contributed by atoms with Gasteiger partial charge in [-0.1, -0.05) is 24.3 Å². The Hall–Kier alpha value is -1.74. The quantitative estimate of drug-likeness (QED) is 0.896. The molecule has 1 nitrogen and oxygen atoms in total. The van der Waals surface area contributed by atoms with E-state index in [9.17, 15) is 8.78 Å². The van der Waals surface area contributed by atoms with E-state index in [0.717, 1.165) is 11.1 Å². The summed E-state index contributed by atoms with van der Waals surface area (Å²) >= 11 is 0. The maximum absolute atomic E-state index is 12.8. The third kappa shape index (κ3) is 4.14. The lowest BCUT2D eigenvalue weighted by Crippen LogP contribution is -2.40. The lowest BCUT2D eigenvalue weighted by atomic mass is 9.87. The second-order valence-corrected chi connectivity index (χ2v) is 5.26. The minimum Gasteiger partial charge on any atom is -0.325 e. The van der Waals surface area contributed by atoms with Gasteiger partial charge in [-0.05, 0) is 55.2 Å². The molecule has 19 heavy (non-hydrogen) atoms. The SMILES string of the molecule is CC(N)(Cc1ccc(F)cc1)Cc1ccc(F)cc1. The van der Waals surface area contributed by atoms with Crippen LogP contribution in [0.1, 0.15) is 18.1 Å². The molecule has 0 aliphatic carbocycles.